The Morgan fingerprint density at radius 3 is 2.25 bits per heavy atom. The molecule has 3 rings (SSSR count). The first-order valence-corrected chi connectivity index (χ1v) is 11.5. The molecule has 0 bridgehead atoms. The highest BCUT2D eigenvalue weighted by molar-refractivity contribution is 7.91. The Bertz CT molecular complexity index is 1160. The summed E-state index contributed by atoms with van der Waals surface area (Å²) in [5.74, 6) is -2.37. The molecule has 1 atom stereocenters. The molecule has 0 radical (unpaired) electrons. The van der Waals surface area contributed by atoms with Gasteiger partial charge in [-0.3, -0.25) is 9.59 Å². The number of hydrogen-bond donors (Lipinski definition) is 2. The number of halogens is 2. The van der Waals surface area contributed by atoms with Gasteiger partial charge in [-0.25, -0.2) is 12.8 Å². The van der Waals surface area contributed by atoms with Crippen LogP contribution < -0.4 is 10.6 Å². The Morgan fingerprint density at radius 2 is 1.62 bits per heavy atom. The van der Waals surface area contributed by atoms with Gasteiger partial charge in [-0.1, -0.05) is 23.7 Å². The molecule has 32 heavy (non-hydrogen) atoms. The minimum absolute atomic E-state index is 0.0813. The van der Waals surface area contributed by atoms with Crippen molar-refractivity contribution in [1.29, 1.82) is 0 Å². The van der Waals surface area contributed by atoms with Crippen molar-refractivity contribution in [2.24, 2.45) is 0 Å². The van der Waals surface area contributed by atoms with Gasteiger partial charge >= 0.3 is 11.8 Å². The van der Waals surface area contributed by atoms with E-state index in [0.717, 1.165) is 29.8 Å². The molecule has 2 N–H and O–H groups in total. The van der Waals surface area contributed by atoms with Gasteiger partial charge in [0.1, 0.15) is 16.8 Å². The fourth-order valence-corrected chi connectivity index (χ4v) is 4.66. The maximum atomic E-state index is 13.2. The van der Waals surface area contributed by atoms with Crippen LogP contribution >= 0.6 is 11.6 Å². The van der Waals surface area contributed by atoms with Crippen molar-refractivity contribution >= 4 is 33.3 Å². The topological polar surface area (TPSA) is 105 Å². The van der Waals surface area contributed by atoms with Crippen molar-refractivity contribution < 1.29 is 26.8 Å². The number of carbonyl (C=O) groups excluding carboxylic acids is 2. The summed E-state index contributed by atoms with van der Waals surface area (Å²) < 4.78 is 44.5. The summed E-state index contributed by atoms with van der Waals surface area (Å²) in [6.45, 7) is -0.194. The predicted octanol–water partition coefficient (Wildman–Crippen LogP) is 3.06. The van der Waals surface area contributed by atoms with Crippen LogP contribution in [0.4, 0.5) is 4.39 Å². The Balaban J connectivity index is 1.61. The molecule has 0 spiro atoms. The van der Waals surface area contributed by atoms with E-state index < -0.39 is 39.3 Å². The van der Waals surface area contributed by atoms with Gasteiger partial charge in [-0.05, 0) is 60.5 Å². The van der Waals surface area contributed by atoms with Crippen molar-refractivity contribution in [3.63, 3.8) is 0 Å². The number of carbonyl (C=O) groups is 2. The standard InChI is InChI=1S/C22H20ClFN2O5S/c23-16-5-3-15(4-6-16)11-12-25-21(27)22(28)26-14-20(19-2-1-13-31-19)32(29,30)18-9-7-17(24)8-10-18/h1-10,13,20H,11-12,14H2,(H,25,27)(H,26,28). The van der Waals surface area contributed by atoms with E-state index in [9.17, 15) is 22.4 Å². The maximum Gasteiger partial charge on any atom is 0.309 e. The van der Waals surface area contributed by atoms with Crippen molar-refractivity contribution in [2.75, 3.05) is 13.1 Å². The summed E-state index contributed by atoms with van der Waals surface area (Å²) in [6.07, 6.45) is 1.79. The van der Waals surface area contributed by atoms with Gasteiger partial charge in [0.05, 0.1) is 11.2 Å². The lowest BCUT2D eigenvalue weighted by Crippen LogP contribution is -2.42. The fourth-order valence-electron chi connectivity index (χ4n) is 2.94. The molecule has 1 heterocycles. The Labute approximate surface area is 189 Å². The lowest BCUT2D eigenvalue weighted by molar-refractivity contribution is -0.139. The molecule has 168 valence electrons. The number of rotatable bonds is 8. The molecule has 0 saturated carbocycles. The van der Waals surface area contributed by atoms with Gasteiger partial charge in [0.15, 0.2) is 9.84 Å². The molecular weight excluding hydrogens is 459 g/mol. The molecule has 0 aliphatic rings. The van der Waals surface area contributed by atoms with Gasteiger partial charge in [-0.2, -0.15) is 0 Å². The summed E-state index contributed by atoms with van der Waals surface area (Å²) >= 11 is 5.82. The van der Waals surface area contributed by atoms with E-state index in [1.807, 2.05) is 12.1 Å². The molecule has 2 aromatic carbocycles. The molecule has 10 heteroatoms. The third-order valence-corrected chi connectivity index (χ3v) is 6.97. The lowest BCUT2D eigenvalue weighted by atomic mass is 10.1. The maximum absolute atomic E-state index is 13.2. The van der Waals surface area contributed by atoms with E-state index in [4.69, 9.17) is 16.0 Å². The number of benzene rings is 2. The van der Waals surface area contributed by atoms with E-state index in [1.54, 1.807) is 12.1 Å². The second kappa shape index (κ2) is 10.4. The summed E-state index contributed by atoms with van der Waals surface area (Å²) in [5.41, 5.74) is 0.929. The van der Waals surface area contributed by atoms with E-state index in [1.165, 1.54) is 18.4 Å². The molecule has 1 aromatic heterocycles. The van der Waals surface area contributed by atoms with E-state index >= 15 is 0 Å². The van der Waals surface area contributed by atoms with Crippen LogP contribution in [0.15, 0.2) is 76.2 Å². The van der Waals surface area contributed by atoms with Gasteiger partial charge in [-0.15, -0.1) is 0 Å². The lowest BCUT2D eigenvalue weighted by Gasteiger charge is -2.16. The van der Waals surface area contributed by atoms with Crippen LogP contribution in [-0.2, 0) is 25.8 Å². The molecule has 3 aromatic rings. The average molecular weight is 479 g/mol. The first-order chi connectivity index (χ1) is 15.3. The van der Waals surface area contributed by atoms with Crippen LogP contribution in [0, 0.1) is 5.82 Å². The predicted molar refractivity (Wildman–Crippen MR) is 116 cm³/mol. The van der Waals surface area contributed by atoms with Crippen LogP contribution in [0.2, 0.25) is 5.02 Å². The minimum atomic E-state index is -4.04. The van der Waals surface area contributed by atoms with E-state index in [2.05, 4.69) is 10.6 Å². The Morgan fingerprint density at radius 1 is 0.969 bits per heavy atom. The second-order valence-electron chi connectivity index (χ2n) is 6.85. The monoisotopic (exact) mass is 478 g/mol. The van der Waals surface area contributed by atoms with Crippen LogP contribution in [0.25, 0.3) is 0 Å². The number of hydrogen-bond acceptors (Lipinski definition) is 5. The number of amides is 2. The number of nitrogens with one attached hydrogen (secondary N) is 2. The molecule has 0 fully saturated rings. The number of sulfone groups is 1. The zero-order chi connectivity index (χ0) is 23.1. The normalized spacial score (nSPS) is 12.2. The largest absolute Gasteiger partial charge is 0.468 e. The van der Waals surface area contributed by atoms with Crippen LogP contribution in [0.1, 0.15) is 16.6 Å². The highest BCUT2D eigenvalue weighted by Crippen LogP contribution is 2.29. The summed E-state index contributed by atoms with van der Waals surface area (Å²) in [5, 5.41) is 4.11. The molecule has 0 aliphatic heterocycles. The van der Waals surface area contributed by atoms with E-state index in [0.29, 0.717) is 11.4 Å². The molecule has 1 unspecified atom stereocenters. The van der Waals surface area contributed by atoms with Crippen molar-refractivity contribution in [1.82, 2.24) is 10.6 Å². The first kappa shape index (κ1) is 23.5. The van der Waals surface area contributed by atoms with Crippen LogP contribution in [0.3, 0.4) is 0 Å². The minimum Gasteiger partial charge on any atom is -0.468 e. The summed E-state index contributed by atoms with van der Waals surface area (Å²) in [4.78, 5) is 24.1. The Kier molecular flexibility index (Phi) is 7.66. The Hall–Kier alpha value is -3.17. The zero-order valence-electron chi connectivity index (χ0n) is 16.8. The molecule has 0 saturated heterocycles. The van der Waals surface area contributed by atoms with E-state index in [-0.39, 0.29) is 17.2 Å². The van der Waals surface area contributed by atoms with Crippen molar-refractivity contribution in [3.05, 3.63) is 89.1 Å². The zero-order valence-corrected chi connectivity index (χ0v) is 18.3. The van der Waals surface area contributed by atoms with Gasteiger partial charge in [0, 0.05) is 18.1 Å². The smallest absolute Gasteiger partial charge is 0.309 e. The third-order valence-electron chi connectivity index (χ3n) is 4.64. The highest BCUT2D eigenvalue weighted by Gasteiger charge is 2.32. The summed E-state index contributed by atoms with van der Waals surface area (Å²) in [6, 6.07) is 14.3. The molecular formula is C22H20ClFN2O5S. The molecule has 2 amide bonds. The summed E-state index contributed by atoms with van der Waals surface area (Å²) in [7, 11) is -4.04. The first-order valence-electron chi connectivity index (χ1n) is 9.60. The third kappa shape index (κ3) is 5.95. The number of furan rings is 1. The quantitative estimate of drug-likeness (QED) is 0.382. The van der Waals surface area contributed by atoms with Crippen LogP contribution in [0.5, 0.6) is 0 Å². The fraction of sp³-hybridized carbons (Fsp3) is 0.182. The highest BCUT2D eigenvalue weighted by atomic mass is 35.5. The van der Waals surface area contributed by atoms with Crippen molar-refractivity contribution in [2.45, 2.75) is 16.6 Å². The van der Waals surface area contributed by atoms with Crippen molar-refractivity contribution in [3.8, 4) is 0 Å². The van der Waals surface area contributed by atoms with Gasteiger partial charge in [0.2, 0.25) is 0 Å². The SMILES string of the molecule is O=C(NCCc1ccc(Cl)cc1)C(=O)NCC(c1ccco1)S(=O)(=O)c1ccc(F)cc1. The van der Waals surface area contributed by atoms with Gasteiger partial charge < -0.3 is 15.1 Å². The molecule has 0 aliphatic carbocycles. The molecule has 7 nitrogen and oxygen atoms in total. The average Bonchev–Trinajstić information content (AvgIpc) is 3.29. The van der Waals surface area contributed by atoms with Gasteiger partial charge in [0.25, 0.3) is 0 Å². The second-order valence-corrected chi connectivity index (χ2v) is 9.41. The van der Waals surface area contributed by atoms with Crippen LogP contribution in [-0.4, -0.2) is 33.3 Å².